The molecule has 0 aromatic heterocycles. The Morgan fingerprint density at radius 2 is 1.36 bits per heavy atom. The van der Waals surface area contributed by atoms with Crippen LogP contribution in [0.2, 0.25) is 0 Å². The van der Waals surface area contributed by atoms with Crippen molar-refractivity contribution in [3.05, 3.63) is 84.9 Å². The van der Waals surface area contributed by atoms with E-state index in [9.17, 15) is 18.0 Å². The number of amides is 1. The number of hydrogen-bond acceptors (Lipinski definition) is 7. The predicted molar refractivity (Wildman–Crippen MR) is 163 cm³/mol. The number of Topliss-reactive ketones (excluding diaryl/α,β-unsaturated/α-hetero) is 1. The topological polar surface area (TPSA) is 108 Å². The number of carbonyl (C=O) groups excluding carboxylic acids is 2. The van der Waals surface area contributed by atoms with Crippen LogP contribution in [-0.2, 0) is 24.4 Å². The van der Waals surface area contributed by atoms with Gasteiger partial charge < -0.3 is 19.0 Å². The van der Waals surface area contributed by atoms with Crippen molar-refractivity contribution in [1.29, 1.82) is 0 Å². The normalized spacial score (nSPS) is 12.7. The summed E-state index contributed by atoms with van der Waals surface area (Å²) in [6.45, 7) is 2.11. The maximum Gasteiger partial charge on any atom is 0.339 e. The monoisotopic (exact) mass is 595 g/mol. The van der Waals surface area contributed by atoms with Gasteiger partial charge in [-0.05, 0) is 68.3 Å². The largest absolute Gasteiger partial charge is 0.493 e. The lowest BCUT2D eigenvalue weighted by atomic mass is 9.90. The van der Waals surface area contributed by atoms with Crippen LogP contribution in [0.5, 0.6) is 11.5 Å². The molecule has 0 heterocycles. The minimum absolute atomic E-state index is 0.00806. The Kier molecular flexibility index (Phi) is 13.5. The van der Waals surface area contributed by atoms with E-state index in [-0.39, 0.29) is 34.4 Å². The molecule has 0 spiro atoms. The van der Waals surface area contributed by atoms with Crippen LogP contribution in [0.1, 0.15) is 58.3 Å². The van der Waals surface area contributed by atoms with E-state index in [1.54, 1.807) is 56.5 Å². The van der Waals surface area contributed by atoms with Gasteiger partial charge in [0.05, 0.1) is 12.7 Å². The number of para-hydroxylation sites is 2. The van der Waals surface area contributed by atoms with E-state index in [0.29, 0.717) is 25.1 Å². The molecule has 3 rings (SSSR count). The number of anilines is 1. The molecule has 3 aromatic carbocycles. The van der Waals surface area contributed by atoms with E-state index >= 15 is 0 Å². The molecule has 1 N–H and O–H groups in total. The highest BCUT2D eigenvalue weighted by molar-refractivity contribution is 7.87. The van der Waals surface area contributed by atoms with E-state index in [2.05, 4.69) is 5.32 Å². The Morgan fingerprint density at radius 1 is 0.762 bits per heavy atom. The van der Waals surface area contributed by atoms with Gasteiger partial charge in [-0.15, -0.1) is 0 Å². The van der Waals surface area contributed by atoms with Crippen molar-refractivity contribution < 1.29 is 31.7 Å². The number of nitrogens with one attached hydrogen (secondary N) is 1. The van der Waals surface area contributed by atoms with Crippen LogP contribution < -0.4 is 14.2 Å². The fourth-order valence-corrected chi connectivity index (χ4v) is 5.63. The van der Waals surface area contributed by atoms with Crippen LogP contribution in [0, 0.1) is 5.92 Å². The molecule has 0 aliphatic heterocycles. The second kappa shape index (κ2) is 17.3. The minimum atomic E-state index is -3.96. The van der Waals surface area contributed by atoms with Crippen LogP contribution >= 0.6 is 0 Å². The van der Waals surface area contributed by atoms with Gasteiger partial charge in [0.25, 0.3) is 0 Å². The molecule has 0 saturated carbocycles. The van der Waals surface area contributed by atoms with E-state index in [0.717, 1.165) is 44.3 Å². The zero-order valence-corrected chi connectivity index (χ0v) is 25.2. The SMILES string of the molecule is COC(CCOc1ccccc1)C(CCCCCCCC(=O)Nc1ccc(S(=O)(=O)Oc2ccccc2)cc1)C(C)=O. The first-order valence-electron chi connectivity index (χ1n) is 14.4. The van der Waals surface area contributed by atoms with Crippen LogP contribution in [0.15, 0.2) is 89.8 Å². The van der Waals surface area contributed by atoms with Crippen LogP contribution in [0.3, 0.4) is 0 Å². The Bertz CT molecular complexity index is 1330. The van der Waals surface area contributed by atoms with Crippen molar-refractivity contribution >= 4 is 27.5 Å². The molecule has 0 saturated heterocycles. The van der Waals surface area contributed by atoms with Gasteiger partial charge in [-0.3, -0.25) is 9.59 Å². The third kappa shape index (κ3) is 11.3. The minimum Gasteiger partial charge on any atom is -0.493 e. The number of unbranched alkanes of at least 4 members (excludes halogenated alkanes) is 4. The smallest absolute Gasteiger partial charge is 0.339 e. The number of ketones is 1. The maximum atomic E-state index is 12.5. The third-order valence-corrected chi connectivity index (χ3v) is 8.24. The van der Waals surface area contributed by atoms with Gasteiger partial charge >= 0.3 is 10.1 Å². The molecule has 0 bridgehead atoms. The highest BCUT2D eigenvalue weighted by atomic mass is 32.2. The van der Waals surface area contributed by atoms with Crippen LogP contribution in [0.25, 0.3) is 0 Å². The van der Waals surface area contributed by atoms with E-state index in [1.807, 2.05) is 30.3 Å². The van der Waals surface area contributed by atoms with Gasteiger partial charge in [-0.1, -0.05) is 62.1 Å². The van der Waals surface area contributed by atoms with E-state index in [4.69, 9.17) is 13.7 Å². The Labute approximate surface area is 249 Å². The first-order chi connectivity index (χ1) is 20.3. The molecule has 0 fully saturated rings. The number of ether oxygens (including phenoxy) is 2. The quantitative estimate of drug-likeness (QED) is 0.120. The molecule has 2 unspecified atom stereocenters. The predicted octanol–water partition coefficient (Wildman–Crippen LogP) is 6.81. The molecule has 0 aliphatic carbocycles. The molecule has 226 valence electrons. The summed E-state index contributed by atoms with van der Waals surface area (Å²) in [6, 6.07) is 23.8. The molecule has 0 radical (unpaired) electrons. The van der Waals surface area contributed by atoms with Gasteiger partial charge in [0, 0.05) is 31.6 Å². The lowest BCUT2D eigenvalue weighted by Crippen LogP contribution is -2.30. The standard InChI is InChI=1S/C33H41NO7S/c1-26(35)31(32(39-2)24-25-40-28-14-8-6-9-15-28)18-12-4-3-5-13-19-33(36)34-27-20-22-30(23-21-27)42(37,38)41-29-16-10-7-11-17-29/h6-11,14-17,20-23,31-32H,3-5,12-13,18-19,24-25H2,1-2H3,(H,34,36). The molecule has 8 nitrogen and oxygen atoms in total. The van der Waals surface area contributed by atoms with Gasteiger partial charge in [0.15, 0.2) is 0 Å². The molecular weight excluding hydrogens is 554 g/mol. The van der Waals surface area contributed by atoms with Gasteiger partial charge in [-0.2, -0.15) is 8.42 Å². The number of rotatable bonds is 19. The van der Waals surface area contributed by atoms with Crippen molar-refractivity contribution in [3.8, 4) is 11.5 Å². The second-order valence-electron chi connectivity index (χ2n) is 10.2. The summed E-state index contributed by atoms with van der Waals surface area (Å²) in [7, 11) is -2.32. The average Bonchev–Trinajstić information content (AvgIpc) is 2.98. The first-order valence-corrected chi connectivity index (χ1v) is 15.8. The summed E-state index contributed by atoms with van der Waals surface area (Å²) >= 11 is 0. The van der Waals surface area contributed by atoms with Gasteiger partial charge in [0.2, 0.25) is 5.91 Å². The molecule has 3 aromatic rings. The van der Waals surface area contributed by atoms with Crippen molar-refractivity contribution in [2.75, 3.05) is 19.0 Å². The summed E-state index contributed by atoms with van der Waals surface area (Å²) in [6.07, 6.45) is 6.12. The third-order valence-electron chi connectivity index (χ3n) is 6.98. The van der Waals surface area contributed by atoms with Crippen LogP contribution in [-0.4, -0.2) is 39.9 Å². The number of carbonyl (C=O) groups is 2. The zero-order chi connectivity index (χ0) is 30.2. The average molecular weight is 596 g/mol. The molecular formula is C33H41NO7S. The lowest BCUT2D eigenvalue weighted by molar-refractivity contribution is -0.126. The Hall–Kier alpha value is -3.69. The van der Waals surface area contributed by atoms with E-state index < -0.39 is 10.1 Å². The molecule has 0 aliphatic rings. The first kappa shape index (κ1) is 32.8. The Balaban J connectivity index is 1.31. The summed E-state index contributed by atoms with van der Waals surface area (Å²) < 4.78 is 41.5. The van der Waals surface area contributed by atoms with Gasteiger partial charge in [0.1, 0.15) is 22.2 Å². The highest BCUT2D eigenvalue weighted by Gasteiger charge is 2.25. The summed E-state index contributed by atoms with van der Waals surface area (Å²) in [4.78, 5) is 24.7. The number of benzene rings is 3. The number of methoxy groups -OCH3 is 1. The number of hydrogen-bond donors (Lipinski definition) is 1. The Morgan fingerprint density at radius 3 is 1.98 bits per heavy atom. The van der Waals surface area contributed by atoms with Gasteiger partial charge in [-0.25, -0.2) is 0 Å². The van der Waals surface area contributed by atoms with Crippen molar-refractivity contribution in [2.45, 2.75) is 69.3 Å². The fourth-order valence-electron chi connectivity index (χ4n) is 4.70. The zero-order valence-electron chi connectivity index (χ0n) is 24.4. The summed E-state index contributed by atoms with van der Waals surface area (Å²) in [5, 5.41) is 2.81. The molecule has 2 atom stereocenters. The van der Waals surface area contributed by atoms with Crippen molar-refractivity contribution in [2.24, 2.45) is 5.92 Å². The summed E-state index contributed by atoms with van der Waals surface area (Å²) in [5.74, 6) is 0.887. The fraction of sp³-hybridized carbons (Fsp3) is 0.394. The van der Waals surface area contributed by atoms with Crippen molar-refractivity contribution in [1.82, 2.24) is 0 Å². The second-order valence-corrected chi connectivity index (χ2v) is 11.7. The highest BCUT2D eigenvalue weighted by Crippen LogP contribution is 2.22. The van der Waals surface area contributed by atoms with Crippen molar-refractivity contribution in [3.63, 3.8) is 0 Å². The van der Waals surface area contributed by atoms with E-state index in [1.165, 1.54) is 12.1 Å². The molecule has 9 heteroatoms. The molecule has 1 amide bonds. The summed E-state index contributed by atoms with van der Waals surface area (Å²) in [5.41, 5.74) is 0.524. The van der Waals surface area contributed by atoms with Crippen LogP contribution in [0.4, 0.5) is 5.69 Å². The maximum absolute atomic E-state index is 12.5. The molecule has 42 heavy (non-hydrogen) atoms. The lowest BCUT2D eigenvalue weighted by Gasteiger charge is -2.24.